The van der Waals surface area contributed by atoms with E-state index in [4.69, 9.17) is 0 Å². The lowest BCUT2D eigenvalue weighted by Crippen LogP contribution is -2.25. The molecule has 0 bridgehead atoms. The first-order chi connectivity index (χ1) is 7.50. The number of anilines is 1. The lowest BCUT2D eigenvalue weighted by molar-refractivity contribution is -0.117. The van der Waals surface area contributed by atoms with Crippen LogP contribution >= 0.6 is 28.6 Å². The first-order valence-electron chi connectivity index (χ1n) is 4.93. The first kappa shape index (κ1) is 11.9. The van der Waals surface area contributed by atoms with Crippen LogP contribution in [0.1, 0.15) is 12.0 Å². The van der Waals surface area contributed by atoms with E-state index in [-0.39, 0.29) is 17.0 Å². The van der Waals surface area contributed by atoms with Crippen molar-refractivity contribution in [2.45, 2.75) is 18.6 Å². The van der Waals surface area contributed by atoms with Gasteiger partial charge in [-0.2, -0.15) is 12.6 Å². The van der Waals surface area contributed by atoms with Crippen LogP contribution in [0.15, 0.2) is 16.6 Å². The topological polar surface area (TPSA) is 20.3 Å². The maximum absolute atomic E-state index is 13.7. The van der Waals surface area contributed by atoms with Crippen molar-refractivity contribution in [3.63, 3.8) is 0 Å². The average molecular weight is 304 g/mol. The molecule has 2 rings (SSSR count). The van der Waals surface area contributed by atoms with Crippen LogP contribution in [0.25, 0.3) is 0 Å². The Morgan fingerprint density at radius 3 is 2.81 bits per heavy atom. The fourth-order valence-electron chi connectivity index (χ4n) is 1.86. The van der Waals surface area contributed by atoms with Gasteiger partial charge in [0, 0.05) is 29.5 Å². The molecule has 5 heteroatoms. The van der Waals surface area contributed by atoms with E-state index < -0.39 is 0 Å². The Balaban J connectivity index is 2.42. The number of halogens is 2. The smallest absolute Gasteiger partial charge is 0.228 e. The number of hydrogen-bond acceptors (Lipinski definition) is 2. The van der Waals surface area contributed by atoms with Gasteiger partial charge in [-0.1, -0.05) is 0 Å². The number of rotatable bonds is 1. The average Bonchev–Trinajstić information content (AvgIpc) is 2.55. The van der Waals surface area contributed by atoms with Crippen molar-refractivity contribution in [2.75, 3.05) is 11.4 Å². The molecule has 0 aromatic heterocycles. The number of thiol groups is 1. The zero-order valence-corrected chi connectivity index (χ0v) is 11.2. The molecule has 1 aliphatic heterocycles. The molecule has 1 aromatic carbocycles. The van der Waals surface area contributed by atoms with E-state index in [0.717, 1.165) is 0 Å². The highest BCUT2D eigenvalue weighted by molar-refractivity contribution is 9.10. The maximum Gasteiger partial charge on any atom is 0.228 e. The number of amides is 1. The van der Waals surface area contributed by atoms with Gasteiger partial charge in [-0.15, -0.1) is 0 Å². The van der Waals surface area contributed by atoms with Gasteiger partial charge in [-0.25, -0.2) is 4.39 Å². The molecule has 0 aliphatic carbocycles. The van der Waals surface area contributed by atoms with Crippen LogP contribution in [0.4, 0.5) is 10.1 Å². The van der Waals surface area contributed by atoms with Gasteiger partial charge in [0.2, 0.25) is 5.91 Å². The highest BCUT2D eigenvalue weighted by Gasteiger charge is 2.29. The van der Waals surface area contributed by atoms with E-state index in [1.807, 2.05) is 0 Å². The molecule has 0 N–H and O–H groups in total. The zero-order chi connectivity index (χ0) is 11.9. The third-order valence-electron chi connectivity index (χ3n) is 2.71. The zero-order valence-electron chi connectivity index (χ0n) is 8.70. The molecule has 1 heterocycles. The minimum atomic E-state index is -0.312. The minimum absolute atomic E-state index is 0.00447. The fraction of sp³-hybridized carbons (Fsp3) is 0.364. The van der Waals surface area contributed by atoms with Crippen molar-refractivity contribution in [2.24, 2.45) is 0 Å². The summed E-state index contributed by atoms with van der Waals surface area (Å²) in [6.45, 7) is 2.22. The third-order valence-corrected chi connectivity index (χ3v) is 3.66. The quantitative estimate of drug-likeness (QED) is 0.791. The summed E-state index contributed by atoms with van der Waals surface area (Å²) in [7, 11) is 0. The lowest BCUT2D eigenvalue weighted by atomic mass is 10.1. The molecular weight excluding hydrogens is 293 g/mol. The molecule has 86 valence electrons. The Bertz CT molecular complexity index is 452. The van der Waals surface area contributed by atoms with Crippen LogP contribution in [0.3, 0.4) is 0 Å². The van der Waals surface area contributed by atoms with E-state index in [9.17, 15) is 9.18 Å². The van der Waals surface area contributed by atoms with Crippen molar-refractivity contribution < 1.29 is 9.18 Å². The summed E-state index contributed by atoms with van der Waals surface area (Å²) in [6.07, 6.45) is 0.417. The van der Waals surface area contributed by atoms with Crippen molar-refractivity contribution in [1.82, 2.24) is 0 Å². The number of hydrogen-bond donors (Lipinski definition) is 1. The van der Waals surface area contributed by atoms with Gasteiger partial charge in [0.1, 0.15) is 5.82 Å². The van der Waals surface area contributed by atoms with Crippen LogP contribution in [0, 0.1) is 12.7 Å². The highest BCUT2D eigenvalue weighted by Crippen LogP contribution is 2.31. The summed E-state index contributed by atoms with van der Waals surface area (Å²) in [5.41, 5.74) is 1.13. The SMILES string of the molecule is Cc1c(N2CC(S)CC2=O)ccc(Br)c1F. The van der Waals surface area contributed by atoms with Gasteiger partial charge in [-0.05, 0) is 35.0 Å². The normalized spacial score (nSPS) is 20.6. The summed E-state index contributed by atoms with van der Waals surface area (Å²) in [5, 5.41) is 0.0404. The van der Waals surface area contributed by atoms with Crippen LogP contribution < -0.4 is 4.90 Å². The second-order valence-corrected chi connectivity index (χ2v) is 5.45. The molecule has 0 spiro atoms. The molecule has 1 amide bonds. The van der Waals surface area contributed by atoms with Gasteiger partial charge in [0.25, 0.3) is 0 Å². The monoisotopic (exact) mass is 303 g/mol. The third kappa shape index (κ3) is 1.98. The summed E-state index contributed by atoms with van der Waals surface area (Å²) in [4.78, 5) is 13.3. The second-order valence-electron chi connectivity index (χ2n) is 3.87. The van der Waals surface area contributed by atoms with Gasteiger partial charge in [0.05, 0.1) is 4.47 Å². The van der Waals surface area contributed by atoms with Crippen LogP contribution in [-0.4, -0.2) is 17.7 Å². The Hall–Kier alpha value is -0.550. The summed E-state index contributed by atoms with van der Waals surface area (Å²) < 4.78 is 14.1. The summed E-state index contributed by atoms with van der Waals surface area (Å²) in [6, 6.07) is 3.38. The number of carbonyl (C=O) groups is 1. The van der Waals surface area contributed by atoms with Crippen molar-refractivity contribution >= 4 is 40.2 Å². The van der Waals surface area contributed by atoms with Gasteiger partial charge < -0.3 is 4.90 Å². The van der Waals surface area contributed by atoms with Gasteiger partial charge in [0.15, 0.2) is 0 Å². The van der Waals surface area contributed by atoms with E-state index in [2.05, 4.69) is 28.6 Å². The second kappa shape index (κ2) is 4.37. The Morgan fingerprint density at radius 1 is 1.56 bits per heavy atom. The molecule has 16 heavy (non-hydrogen) atoms. The molecule has 1 fully saturated rings. The van der Waals surface area contributed by atoms with E-state index in [0.29, 0.717) is 28.7 Å². The molecule has 1 aliphatic rings. The van der Waals surface area contributed by atoms with E-state index >= 15 is 0 Å². The molecule has 0 saturated carbocycles. The maximum atomic E-state index is 13.7. The predicted molar refractivity (Wildman–Crippen MR) is 68.6 cm³/mol. The van der Waals surface area contributed by atoms with E-state index in [1.54, 1.807) is 24.0 Å². The molecule has 1 unspecified atom stereocenters. The standard InChI is InChI=1S/C11H11BrFNOS/c1-6-9(3-2-8(12)11(6)13)14-5-7(16)4-10(14)15/h2-3,7,16H,4-5H2,1H3. The Morgan fingerprint density at radius 2 is 2.25 bits per heavy atom. The van der Waals surface area contributed by atoms with Crippen LogP contribution in [0.2, 0.25) is 0 Å². The summed E-state index contributed by atoms with van der Waals surface area (Å²) in [5.74, 6) is -0.308. The predicted octanol–water partition coefficient (Wildman–Crippen LogP) is 2.93. The Labute approximate surface area is 107 Å². The number of carbonyl (C=O) groups excluding carboxylic acids is 1. The van der Waals surface area contributed by atoms with Crippen LogP contribution in [-0.2, 0) is 4.79 Å². The van der Waals surface area contributed by atoms with Crippen molar-refractivity contribution in [1.29, 1.82) is 0 Å². The van der Waals surface area contributed by atoms with E-state index in [1.165, 1.54) is 0 Å². The molecule has 1 aromatic rings. The first-order valence-corrected chi connectivity index (χ1v) is 6.24. The molecular formula is C11H11BrFNOS. The molecule has 2 nitrogen and oxygen atoms in total. The molecule has 1 saturated heterocycles. The van der Waals surface area contributed by atoms with Gasteiger partial charge in [-0.3, -0.25) is 4.79 Å². The largest absolute Gasteiger partial charge is 0.311 e. The number of benzene rings is 1. The fourth-order valence-corrected chi connectivity index (χ4v) is 2.60. The van der Waals surface area contributed by atoms with Crippen LogP contribution in [0.5, 0.6) is 0 Å². The van der Waals surface area contributed by atoms with Crippen molar-refractivity contribution in [3.05, 3.63) is 28.0 Å². The Kier molecular flexibility index (Phi) is 3.26. The van der Waals surface area contributed by atoms with Gasteiger partial charge >= 0.3 is 0 Å². The highest BCUT2D eigenvalue weighted by atomic mass is 79.9. The molecule has 0 radical (unpaired) electrons. The minimum Gasteiger partial charge on any atom is -0.311 e. The lowest BCUT2D eigenvalue weighted by Gasteiger charge is -2.19. The number of nitrogens with zero attached hydrogens (tertiary/aromatic N) is 1. The summed E-state index contributed by atoms with van der Waals surface area (Å²) >= 11 is 7.40. The molecule has 1 atom stereocenters. The van der Waals surface area contributed by atoms with Crippen molar-refractivity contribution in [3.8, 4) is 0 Å².